The first-order valence-electron chi connectivity index (χ1n) is 11.5. The first kappa shape index (κ1) is 20.1. The zero-order chi connectivity index (χ0) is 21.0. The van der Waals surface area contributed by atoms with Gasteiger partial charge in [0.05, 0.1) is 5.52 Å². The number of rotatable bonds is 6. The lowest BCUT2D eigenvalue weighted by molar-refractivity contribution is 0.0925. The quantitative estimate of drug-likeness (QED) is 0.598. The van der Waals surface area contributed by atoms with Crippen molar-refractivity contribution in [3.05, 3.63) is 59.8 Å². The van der Waals surface area contributed by atoms with Crippen molar-refractivity contribution in [2.24, 2.45) is 0 Å². The molecule has 31 heavy (non-hydrogen) atoms. The van der Waals surface area contributed by atoms with E-state index in [2.05, 4.69) is 45.5 Å². The molecule has 0 bridgehead atoms. The highest BCUT2D eigenvalue weighted by atomic mass is 16.6. The van der Waals surface area contributed by atoms with Gasteiger partial charge in [0.2, 0.25) is 0 Å². The standard InChI is InChI=1S/C26H31N3O2/c1-19-10-11-22-23(28-19)12-13-25-26(22)31-21(18-30-25)17-27-14-6-16-29-15-5-4-8-20-7-2-3-9-24(20)29/h2-3,7,9-13,21,27H,4-6,8,14-18H2,1H3/t21-/m0/s1. The molecule has 0 aliphatic carbocycles. The highest BCUT2D eigenvalue weighted by molar-refractivity contribution is 5.88. The lowest BCUT2D eigenvalue weighted by atomic mass is 10.1. The van der Waals surface area contributed by atoms with E-state index in [9.17, 15) is 0 Å². The Labute approximate surface area is 184 Å². The molecule has 5 nitrogen and oxygen atoms in total. The van der Waals surface area contributed by atoms with E-state index in [1.54, 1.807) is 0 Å². The van der Waals surface area contributed by atoms with Crippen molar-refractivity contribution in [3.8, 4) is 11.5 Å². The Morgan fingerprint density at radius 3 is 3.00 bits per heavy atom. The molecule has 1 atom stereocenters. The molecule has 0 saturated carbocycles. The normalized spacial score (nSPS) is 18.0. The Hall–Kier alpha value is -2.79. The lowest BCUT2D eigenvalue weighted by Gasteiger charge is -2.28. The molecule has 2 aliphatic rings. The van der Waals surface area contributed by atoms with Crippen LogP contribution >= 0.6 is 0 Å². The first-order valence-corrected chi connectivity index (χ1v) is 11.5. The summed E-state index contributed by atoms with van der Waals surface area (Å²) in [6.07, 6.45) is 4.89. The molecule has 2 aromatic carbocycles. The summed E-state index contributed by atoms with van der Waals surface area (Å²) in [4.78, 5) is 7.16. The zero-order valence-electron chi connectivity index (χ0n) is 18.3. The van der Waals surface area contributed by atoms with E-state index in [-0.39, 0.29) is 6.10 Å². The summed E-state index contributed by atoms with van der Waals surface area (Å²) in [5.41, 5.74) is 4.88. The van der Waals surface area contributed by atoms with Crippen LogP contribution in [-0.2, 0) is 6.42 Å². The maximum absolute atomic E-state index is 6.31. The summed E-state index contributed by atoms with van der Waals surface area (Å²) in [5.74, 6) is 1.64. The van der Waals surface area contributed by atoms with Crippen LogP contribution in [0.15, 0.2) is 48.5 Å². The predicted octanol–water partition coefficient (Wildman–Crippen LogP) is 4.51. The summed E-state index contributed by atoms with van der Waals surface area (Å²) in [6, 6.07) is 17.0. The fourth-order valence-corrected chi connectivity index (χ4v) is 4.64. The molecule has 5 heteroatoms. The van der Waals surface area contributed by atoms with Crippen LogP contribution in [0.5, 0.6) is 11.5 Å². The van der Waals surface area contributed by atoms with E-state index in [1.165, 1.54) is 30.5 Å². The van der Waals surface area contributed by atoms with E-state index in [0.717, 1.165) is 60.7 Å². The van der Waals surface area contributed by atoms with Gasteiger partial charge in [0, 0.05) is 36.4 Å². The van der Waals surface area contributed by atoms with Crippen molar-refractivity contribution in [3.63, 3.8) is 0 Å². The molecule has 0 unspecified atom stereocenters. The Balaban J connectivity index is 1.13. The number of fused-ring (bicyclic) bond motifs is 4. The molecule has 1 N–H and O–H groups in total. The highest BCUT2D eigenvalue weighted by Gasteiger charge is 2.23. The molecule has 2 aliphatic heterocycles. The molecular formula is C26H31N3O2. The van der Waals surface area contributed by atoms with Crippen LogP contribution in [0, 0.1) is 6.92 Å². The molecule has 0 amide bonds. The molecular weight excluding hydrogens is 386 g/mol. The zero-order valence-corrected chi connectivity index (χ0v) is 18.3. The Morgan fingerprint density at radius 1 is 1.10 bits per heavy atom. The Bertz CT molecular complexity index is 1050. The third kappa shape index (κ3) is 4.47. The van der Waals surface area contributed by atoms with Gasteiger partial charge in [0.15, 0.2) is 11.5 Å². The average Bonchev–Trinajstić information content (AvgIpc) is 3.01. The fraction of sp³-hybridized carbons (Fsp3) is 0.423. The van der Waals surface area contributed by atoms with Crippen LogP contribution in [0.3, 0.4) is 0 Å². The van der Waals surface area contributed by atoms with Gasteiger partial charge in [0.1, 0.15) is 12.7 Å². The van der Waals surface area contributed by atoms with Crippen molar-refractivity contribution >= 4 is 16.6 Å². The van der Waals surface area contributed by atoms with Gasteiger partial charge < -0.3 is 19.7 Å². The van der Waals surface area contributed by atoms with E-state index < -0.39 is 0 Å². The first-order chi connectivity index (χ1) is 15.3. The van der Waals surface area contributed by atoms with Gasteiger partial charge in [-0.1, -0.05) is 18.2 Å². The number of nitrogens with one attached hydrogen (secondary N) is 1. The SMILES string of the molecule is Cc1ccc2c3c(ccc2n1)OC[C@H](CNCCCN1CCCCc2ccccc21)O3. The average molecular weight is 418 g/mol. The molecule has 0 saturated heterocycles. The number of aryl methyl sites for hydroxylation is 2. The molecule has 3 heterocycles. The summed E-state index contributed by atoms with van der Waals surface area (Å²) >= 11 is 0. The number of aromatic nitrogens is 1. The summed E-state index contributed by atoms with van der Waals surface area (Å²) in [5, 5.41) is 4.60. The molecule has 0 spiro atoms. The smallest absolute Gasteiger partial charge is 0.171 e. The number of para-hydroxylation sites is 1. The largest absolute Gasteiger partial charge is 0.486 e. The van der Waals surface area contributed by atoms with Crippen LogP contribution in [0.25, 0.3) is 10.9 Å². The number of anilines is 1. The van der Waals surface area contributed by atoms with Gasteiger partial charge >= 0.3 is 0 Å². The minimum absolute atomic E-state index is 0.0123. The Kier molecular flexibility index (Phi) is 5.94. The van der Waals surface area contributed by atoms with Crippen molar-refractivity contribution < 1.29 is 9.47 Å². The molecule has 5 rings (SSSR count). The summed E-state index contributed by atoms with van der Waals surface area (Å²) in [7, 11) is 0. The van der Waals surface area contributed by atoms with Crippen molar-refractivity contribution in [1.29, 1.82) is 0 Å². The van der Waals surface area contributed by atoms with Gasteiger partial charge in [0.25, 0.3) is 0 Å². The van der Waals surface area contributed by atoms with Crippen LogP contribution < -0.4 is 19.7 Å². The van der Waals surface area contributed by atoms with Gasteiger partial charge in [-0.25, -0.2) is 0 Å². The topological polar surface area (TPSA) is 46.6 Å². The number of ether oxygens (including phenoxy) is 2. The monoisotopic (exact) mass is 417 g/mol. The second-order valence-electron chi connectivity index (χ2n) is 8.59. The van der Waals surface area contributed by atoms with Crippen LogP contribution in [0.2, 0.25) is 0 Å². The van der Waals surface area contributed by atoms with E-state index in [4.69, 9.17) is 9.47 Å². The van der Waals surface area contributed by atoms with Gasteiger partial charge in [-0.2, -0.15) is 0 Å². The van der Waals surface area contributed by atoms with Crippen LogP contribution in [-0.4, -0.2) is 43.9 Å². The number of nitrogens with zero attached hydrogens (tertiary/aromatic N) is 2. The van der Waals surface area contributed by atoms with Gasteiger partial charge in [-0.15, -0.1) is 0 Å². The maximum Gasteiger partial charge on any atom is 0.171 e. The number of hydrogen-bond acceptors (Lipinski definition) is 5. The molecule has 0 radical (unpaired) electrons. The third-order valence-corrected chi connectivity index (χ3v) is 6.24. The molecule has 162 valence electrons. The minimum atomic E-state index is 0.0123. The van der Waals surface area contributed by atoms with Crippen LogP contribution in [0.4, 0.5) is 5.69 Å². The van der Waals surface area contributed by atoms with Crippen molar-refractivity contribution in [2.75, 3.05) is 37.7 Å². The van der Waals surface area contributed by atoms with Crippen LogP contribution in [0.1, 0.15) is 30.5 Å². The van der Waals surface area contributed by atoms with Crippen molar-refractivity contribution in [1.82, 2.24) is 10.3 Å². The third-order valence-electron chi connectivity index (χ3n) is 6.24. The van der Waals surface area contributed by atoms with E-state index >= 15 is 0 Å². The lowest BCUT2D eigenvalue weighted by Crippen LogP contribution is -2.39. The molecule has 3 aromatic rings. The molecule has 0 fully saturated rings. The second-order valence-corrected chi connectivity index (χ2v) is 8.59. The van der Waals surface area contributed by atoms with E-state index in [1.807, 2.05) is 25.1 Å². The Morgan fingerprint density at radius 2 is 2.03 bits per heavy atom. The summed E-state index contributed by atoms with van der Waals surface area (Å²) < 4.78 is 12.3. The minimum Gasteiger partial charge on any atom is -0.486 e. The molecule has 1 aromatic heterocycles. The summed E-state index contributed by atoms with van der Waals surface area (Å²) in [6.45, 7) is 6.59. The number of hydrogen-bond donors (Lipinski definition) is 1. The highest BCUT2D eigenvalue weighted by Crippen LogP contribution is 2.38. The fourth-order valence-electron chi connectivity index (χ4n) is 4.64. The maximum atomic E-state index is 6.31. The number of benzene rings is 2. The predicted molar refractivity (Wildman–Crippen MR) is 125 cm³/mol. The van der Waals surface area contributed by atoms with Gasteiger partial charge in [-0.3, -0.25) is 4.98 Å². The van der Waals surface area contributed by atoms with Gasteiger partial charge in [-0.05, 0) is 75.0 Å². The van der Waals surface area contributed by atoms with Crippen molar-refractivity contribution in [2.45, 2.75) is 38.7 Å². The van der Waals surface area contributed by atoms with E-state index in [0.29, 0.717) is 6.61 Å². The second kappa shape index (κ2) is 9.15. The number of pyridine rings is 1.